The van der Waals surface area contributed by atoms with Crippen LogP contribution in [0.5, 0.6) is 0 Å². The molecule has 0 aromatic carbocycles. The molecular formula is C39H72N2O5. The van der Waals surface area contributed by atoms with E-state index < -0.39 is 12.0 Å². The standard InChI is InChI=1S/C39H72N2O5/c1-3-5-7-8-9-10-11-12-13-14-15-16-17-18-19-20-21-27-33-38(43)46-35(29-24-6-4-2)30-25-22-23-26-32-37(42)41-36(39(44)45)31-28-34-40/h13-14,24,29,35-36H,3-12,15-23,25-28,30-34,40H2,1-2H3,(H,41,42)(H,44,45)/b14-13-,29-24-. The molecule has 0 aliphatic rings. The average Bonchev–Trinajstić information content (AvgIpc) is 3.03. The van der Waals surface area contributed by atoms with E-state index in [2.05, 4.69) is 37.4 Å². The highest BCUT2D eigenvalue weighted by Crippen LogP contribution is 2.15. The number of carboxylic acid groups (broad SMARTS) is 1. The minimum absolute atomic E-state index is 0.103. The molecule has 7 nitrogen and oxygen atoms in total. The second kappa shape index (κ2) is 34.2. The fraction of sp³-hybridized carbons (Fsp3) is 0.821. The Morgan fingerprint density at radius 1 is 0.630 bits per heavy atom. The number of ether oxygens (including phenoxy) is 1. The predicted molar refractivity (Wildman–Crippen MR) is 193 cm³/mol. The summed E-state index contributed by atoms with van der Waals surface area (Å²) >= 11 is 0. The van der Waals surface area contributed by atoms with E-state index in [4.69, 9.17) is 10.5 Å². The summed E-state index contributed by atoms with van der Waals surface area (Å²) in [4.78, 5) is 35.9. The zero-order valence-electron chi connectivity index (χ0n) is 29.9. The van der Waals surface area contributed by atoms with Gasteiger partial charge in [0.25, 0.3) is 0 Å². The average molecular weight is 649 g/mol. The van der Waals surface area contributed by atoms with Crippen LogP contribution in [0.1, 0.15) is 187 Å². The molecule has 1 amide bonds. The van der Waals surface area contributed by atoms with Crippen LogP contribution in [0.15, 0.2) is 24.3 Å². The number of unbranched alkanes of at least 4 members (excludes halogenated alkanes) is 18. The van der Waals surface area contributed by atoms with Crippen LogP contribution < -0.4 is 11.1 Å². The fourth-order valence-electron chi connectivity index (χ4n) is 5.54. The number of carbonyl (C=O) groups excluding carboxylic acids is 2. The van der Waals surface area contributed by atoms with Gasteiger partial charge in [0.05, 0.1) is 0 Å². The summed E-state index contributed by atoms with van der Waals surface area (Å²) in [5.41, 5.74) is 5.45. The summed E-state index contributed by atoms with van der Waals surface area (Å²) in [5.74, 6) is -1.35. The Hall–Kier alpha value is -2.15. The number of hydrogen-bond acceptors (Lipinski definition) is 5. The number of nitrogens with two attached hydrogens (primary N) is 1. The zero-order valence-corrected chi connectivity index (χ0v) is 29.9. The van der Waals surface area contributed by atoms with Crippen LogP contribution in [0.2, 0.25) is 0 Å². The van der Waals surface area contributed by atoms with Crippen molar-refractivity contribution in [1.82, 2.24) is 5.32 Å². The minimum atomic E-state index is -1.02. The lowest BCUT2D eigenvalue weighted by molar-refractivity contribution is -0.147. The summed E-state index contributed by atoms with van der Waals surface area (Å²) in [6.45, 7) is 4.81. The highest BCUT2D eigenvalue weighted by atomic mass is 16.5. The van der Waals surface area contributed by atoms with Crippen LogP contribution in [-0.4, -0.2) is 41.6 Å². The molecule has 0 aliphatic carbocycles. The van der Waals surface area contributed by atoms with Gasteiger partial charge in [0, 0.05) is 12.8 Å². The summed E-state index contributed by atoms with van der Waals surface area (Å²) in [6.07, 6.45) is 37.0. The van der Waals surface area contributed by atoms with Gasteiger partial charge >= 0.3 is 11.9 Å². The van der Waals surface area contributed by atoms with Gasteiger partial charge in [-0.1, -0.05) is 122 Å². The quantitative estimate of drug-likeness (QED) is 0.0363. The van der Waals surface area contributed by atoms with Gasteiger partial charge in [0.2, 0.25) is 5.91 Å². The Labute approximate surface area is 283 Å². The van der Waals surface area contributed by atoms with E-state index in [9.17, 15) is 19.5 Å². The molecule has 0 heterocycles. The van der Waals surface area contributed by atoms with Crippen molar-refractivity contribution in [3.05, 3.63) is 24.3 Å². The molecule has 268 valence electrons. The van der Waals surface area contributed by atoms with Crippen LogP contribution in [0.25, 0.3) is 0 Å². The summed E-state index contributed by atoms with van der Waals surface area (Å²) in [7, 11) is 0. The zero-order chi connectivity index (χ0) is 33.9. The van der Waals surface area contributed by atoms with Crippen molar-refractivity contribution in [1.29, 1.82) is 0 Å². The minimum Gasteiger partial charge on any atom is -0.480 e. The number of hydrogen-bond donors (Lipinski definition) is 3. The van der Waals surface area contributed by atoms with Gasteiger partial charge in [-0.05, 0) is 83.2 Å². The Bertz CT molecular complexity index is 782. The third-order valence-corrected chi connectivity index (χ3v) is 8.45. The van der Waals surface area contributed by atoms with Gasteiger partial charge in [-0.15, -0.1) is 0 Å². The van der Waals surface area contributed by atoms with Crippen molar-refractivity contribution in [2.45, 2.75) is 199 Å². The first-order chi connectivity index (χ1) is 22.4. The molecule has 0 radical (unpaired) electrons. The topological polar surface area (TPSA) is 119 Å². The molecule has 0 fully saturated rings. The maximum atomic E-state index is 12.5. The van der Waals surface area contributed by atoms with E-state index in [0.717, 1.165) is 51.4 Å². The van der Waals surface area contributed by atoms with E-state index in [1.54, 1.807) is 0 Å². The molecule has 0 saturated carbocycles. The van der Waals surface area contributed by atoms with E-state index >= 15 is 0 Å². The van der Waals surface area contributed by atoms with E-state index in [1.165, 1.54) is 89.9 Å². The number of allylic oxidation sites excluding steroid dienone is 3. The lowest BCUT2D eigenvalue weighted by atomic mass is 10.1. The molecular weight excluding hydrogens is 576 g/mol. The van der Waals surface area contributed by atoms with Gasteiger partial charge in [-0.3, -0.25) is 9.59 Å². The third kappa shape index (κ3) is 30.5. The van der Waals surface area contributed by atoms with Crippen LogP contribution in [0, 0.1) is 0 Å². The van der Waals surface area contributed by atoms with E-state index in [-0.39, 0.29) is 18.0 Å². The number of carboxylic acids is 1. The lowest BCUT2D eigenvalue weighted by Crippen LogP contribution is -2.40. The van der Waals surface area contributed by atoms with Crippen LogP contribution in [-0.2, 0) is 19.1 Å². The molecule has 7 heteroatoms. The first-order valence-electron chi connectivity index (χ1n) is 19.2. The van der Waals surface area contributed by atoms with Crippen LogP contribution in [0.3, 0.4) is 0 Å². The number of aliphatic carboxylic acids is 1. The highest BCUT2D eigenvalue weighted by molar-refractivity contribution is 5.83. The molecule has 0 aromatic rings. The molecule has 0 aliphatic heterocycles. The van der Waals surface area contributed by atoms with Crippen LogP contribution in [0.4, 0.5) is 0 Å². The Morgan fingerprint density at radius 2 is 1.17 bits per heavy atom. The Balaban J connectivity index is 3.93. The maximum Gasteiger partial charge on any atom is 0.326 e. The molecule has 0 saturated heterocycles. The molecule has 2 unspecified atom stereocenters. The molecule has 2 atom stereocenters. The Kier molecular flexibility index (Phi) is 32.6. The van der Waals surface area contributed by atoms with Gasteiger partial charge < -0.3 is 20.9 Å². The smallest absolute Gasteiger partial charge is 0.326 e. The fourth-order valence-corrected chi connectivity index (χ4v) is 5.54. The van der Waals surface area contributed by atoms with Gasteiger partial charge in [0.1, 0.15) is 12.1 Å². The first kappa shape index (κ1) is 43.9. The first-order valence-corrected chi connectivity index (χ1v) is 19.2. The van der Waals surface area contributed by atoms with Gasteiger partial charge in [-0.25, -0.2) is 4.79 Å². The van der Waals surface area contributed by atoms with E-state index in [0.29, 0.717) is 38.6 Å². The Morgan fingerprint density at radius 3 is 1.74 bits per heavy atom. The maximum absolute atomic E-state index is 12.5. The summed E-state index contributed by atoms with van der Waals surface area (Å²) < 4.78 is 5.81. The van der Waals surface area contributed by atoms with Crippen molar-refractivity contribution in [2.75, 3.05) is 6.54 Å². The second-order valence-corrected chi connectivity index (χ2v) is 13.0. The van der Waals surface area contributed by atoms with Crippen molar-refractivity contribution >= 4 is 17.8 Å². The SMILES string of the molecule is CCC/C=C\C(CCCCCCC(=O)NC(CCCN)C(=O)O)OC(=O)CCCCCCCCC/C=C\CCCCCCCCC. The lowest BCUT2D eigenvalue weighted by Gasteiger charge is -2.15. The number of amides is 1. The highest BCUT2D eigenvalue weighted by Gasteiger charge is 2.19. The van der Waals surface area contributed by atoms with Crippen molar-refractivity contribution in [3.8, 4) is 0 Å². The molecule has 0 spiro atoms. The molecule has 0 rings (SSSR count). The molecule has 0 bridgehead atoms. The monoisotopic (exact) mass is 649 g/mol. The van der Waals surface area contributed by atoms with Gasteiger partial charge in [0.15, 0.2) is 0 Å². The molecule has 4 N–H and O–H groups in total. The van der Waals surface area contributed by atoms with Crippen molar-refractivity contribution in [3.63, 3.8) is 0 Å². The molecule has 46 heavy (non-hydrogen) atoms. The number of rotatable bonds is 34. The summed E-state index contributed by atoms with van der Waals surface area (Å²) in [5, 5.41) is 11.8. The van der Waals surface area contributed by atoms with Gasteiger partial charge in [-0.2, -0.15) is 0 Å². The van der Waals surface area contributed by atoms with E-state index in [1.807, 2.05) is 6.08 Å². The normalized spacial score (nSPS) is 12.9. The van der Waals surface area contributed by atoms with Crippen molar-refractivity contribution < 1.29 is 24.2 Å². The number of esters is 1. The predicted octanol–water partition coefficient (Wildman–Crippen LogP) is 10.1. The largest absolute Gasteiger partial charge is 0.480 e. The number of nitrogens with one attached hydrogen (secondary N) is 1. The van der Waals surface area contributed by atoms with Crippen LogP contribution >= 0.6 is 0 Å². The second-order valence-electron chi connectivity index (χ2n) is 13.0. The molecule has 0 aromatic heterocycles. The summed E-state index contributed by atoms with van der Waals surface area (Å²) in [6, 6.07) is -0.867. The third-order valence-electron chi connectivity index (χ3n) is 8.45. The number of carbonyl (C=O) groups is 3. The van der Waals surface area contributed by atoms with Crippen molar-refractivity contribution in [2.24, 2.45) is 5.73 Å².